The van der Waals surface area contributed by atoms with E-state index in [4.69, 9.17) is 4.74 Å². The summed E-state index contributed by atoms with van der Waals surface area (Å²) in [6, 6.07) is 8.04. The molecule has 0 aliphatic carbocycles. The average Bonchev–Trinajstić information content (AvgIpc) is 2.75. The number of anilines is 1. The molecule has 1 N–H and O–H groups in total. The number of hydrogen-bond donors (Lipinski definition) is 1. The topological polar surface area (TPSA) is 51.2 Å². The van der Waals surface area contributed by atoms with E-state index in [1.807, 2.05) is 39.0 Å². The first-order valence-corrected chi connectivity index (χ1v) is 7.57. The first-order chi connectivity index (χ1) is 9.44. The maximum atomic E-state index is 11.5. The molecule has 4 nitrogen and oxygen atoms in total. The minimum absolute atomic E-state index is 0.149. The quantitative estimate of drug-likeness (QED) is 0.672. The van der Waals surface area contributed by atoms with Crippen molar-refractivity contribution in [3.8, 4) is 0 Å². The number of aromatic nitrogens is 1. The van der Waals surface area contributed by atoms with E-state index in [0.29, 0.717) is 6.42 Å². The monoisotopic (exact) mass is 292 g/mol. The highest BCUT2D eigenvalue weighted by molar-refractivity contribution is 7.22. The third kappa shape index (κ3) is 4.49. The molecular weight excluding hydrogens is 272 g/mol. The van der Waals surface area contributed by atoms with Crippen LogP contribution in [0.1, 0.15) is 33.6 Å². The molecule has 0 amide bonds. The average molecular weight is 292 g/mol. The van der Waals surface area contributed by atoms with Gasteiger partial charge in [-0.1, -0.05) is 23.5 Å². The summed E-state index contributed by atoms with van der Waals surface area (Å²) in [6.07, 6.45) is 1.17. The fourth-order valence-electron chi connectivity index (χ4n) is 1.77. The molecule has 0 saturated heterocycles. The van der Waals surface area contributed by atoms with Crippen LogP contribution in [0.4, 0.5) is 5.13 Å². The van der Waals surface area contributed by atoms with Gasteiger partial charge in [-0.2, -0.15) is 0 Å². The molecule has 0 spiro atoms. The second-order valence-electron chi connectivity index (χ2n) is 5.60. The second-order valence-corrected chi connectivity index (χ2v) is 6.63. The van der Waals surface area contributed by atoms with Crippen molar-refractivity contribution in [3.63, 3.8) is 0 Å². The summed E-state index contributed by atoms with van der Waals surface area (Å²) in [4.78, 5) is 16.0. The van der Waals surface area contributed by atoms with Gasteiger partial charge in [0, 0.05) is 13.0 Å². The normalized spacial score (nSPS) is 11.6. The number of ether oxygens (including phenoxy) is 1. The van der Waals surface area contributed by atoms with Crippen LogP contribution in [-0.4, -0.2) is 23.1 Å². The highest BCUT2D eigenvalue weighted by Crippen LogP contribution is 2.25. The molecule has 0 aliphatic heterocycles. The van der Waals surface area contributed by atoms with Crippen molar-refractivity contribution in [3.05, 3.63) is 24.3 Å². The number of benzene rings is 1. The van der Waals surface area contributed by atoms with E-state index in [-0.39, 0.29) is 5.97 Å². The molecule has 0 saturated carbocycles. The number of para-hydroxylation sites is 1. The molecule has 0 radical (unpaired) electrons. The van der Waals surface area contributed by atoms with E-state index in [0.717, 1.165) is 23.6 Å². The van der Waals surface area contributed by atoms with Gasteiger partial charge in [0.05, 0.1) is 10.2 Å². The van der Waals surface area contributed by atoms with Crippen LogP contribution in [0.25, 0.3) is 10.2 Å². The minimum Gasteiger partial charge on any atom is -0.460 e. The van der Waals surface area contributed by atoms with Gasteiger partial charge in [0.25, 0.3) is 0 Å². The van der Waals surface area contributed by atoms with Crippen LogP contribution >= 0.6 is 11.3 Å². The number of nitrogens with zero attached hydrogens (tertiary/aromatic N) is 1. The van der Waals surface area contributed by atoms with Crippen molar-refractivity contribution in [1.82, 2.24) is 4.98 Å². The van der Waals surface area contributed by atoms with Gasteiger partial charge in [-0.15, -0.1) is 0 Å². The Morgan fingerprint density at radius 1 is 1.35 bits per heavy atom. The Morgan fingerprint density at radius 2 is 2.10 bits per heavy atom. The SMILES string of the molecule is CC(C)(C)OC(=O)CCCNc1nc2ccccc2s1. The number of carbonyl (C=O) groups is 1. The Labute approximate surface area is 123 Å². The van der Waals surface area contributed by atoms with Gasteiger partial charge in [0.2, 0.25) is 0 Å². The Balaban J connectivity index is 1.74. The molecule has 1 heterocycles. The Kier molecular flexibility index (Phi) is 4.60. The van der Waals surface area contributed by atoms with Gasteiger partial charge in [0.15, 0.2) is 5.13 Å². The van der Waals surface area contributed by atoms with Crippen molar-refractivity contribution in [2.75, 3.05) is 11.9 Å². The van der Waals surface area contributed by atoms with Crippen LogP contribution in [0, 0.1) is 0 Å². The summed E-state index contributed by atoms with van der Waals surface area (Å²) < 4.78 is 6.43. The molecule has 2 rings (SSSR count). The van der Waals surface area contributed by atoms with E-state index < -0.39 is 5.60 Å². The summed E-state index contributed by atoms with van der Waals surface area (Å²) in [6.45, 7) is 6.36. The number of nitrogens with one attached hydrogen (secondary N) is 1. The Bertz CT molecular complexity index is 554. The first kappa shape index (κ1) is 14.8. The lowest BCUT2D eigenvalue weighted by atomic mass is 10.2. The molecule has 1 aromatic heterocycles. The van der Waals surface area contributed by atoms with Crippen LogP contribution in [0.15, 0.2) is 24.3 Å². The number of hydrogen-bond acceptors (Lipinski definition) is 5. The van der Waals surface area contributed by atoms with Crippen LogP contribution in [0.3, 0.4) is 0 Å². The molecule has 20 heavy (non-hydrogen) atoms. The lowest BCUT2D eigenvalue weighted by Gasteiger charge is -2.19. The van der Waals surface area contributed by atoms with E-state index >= 15 is 0 Å². The highest BCUT2D eigenvalue weighted by Gasteiger charge is 2.15. The summed E-state index contributed by atoms with van der Waals surface area (Å²) in [7, 11) is 0. The largest absolute Gasteiger partial charge is 0.460 e. The van der Waals surface area contributed by atoms with Crippen molar-refractivity contribution >= 4 is 32.7 Å². The summed E-state index contributed by atoms with van der Waals surface area (Å²) in [5.41, 5.74) is 0.601. The highest BCUT2D eigenvalue weighted by atomic mass is 32.1. The van der Waals surface area contributed by atoms with Crippen LogP contribution < -0.4 is 5.32 Å². The van der Waals surface area contributed by atoms with Crippen molar-refractivity contribution in [2.24, 2.45) is 0 Å². The van der Waals surface area contributed by atoms with E-state index in [1.165, 1.54) is 4.70 Å². The van der Waals surface area contributed by atoms with Crippen LogP contribution in [0.5, 0.6) is 0 Å². The zero-order valence-corrected chi connectivity index (χ0v) is 12.9. The van der Waals surface area contributed by atoms with E-state index in [9.17, 15) is 4.79 Å². The van der Waals surface area contributed by atoms with E-state index in [2.05, 4.69) is 16.4 Å². The van der Waals surface area contributed by atoms with Gasteiger partial charge in [-0.05, 0) is 39.3 Å². The zero-order valence-electron chi connectivity index (χ0n) is 12.1. The summed E-state index contributed by atoms with van der Waals surface area (Å²) >= 11 is 1.63. The second kappa shape index (κ2) is 6.22. The first-order valence-electron chi connectivity index (χ1n) is 6.75. The molecule has 0 fully saturated rings. The van der Waals surface area contributed by atoms with Gasteiger partial charge in [-0.3, -0.25) is 4.79 Å². The van der Waals surface area contributed by atoms with Crippen LogP contribution in [0.2, 0.25) is 0 Å². The van der Waals surface area contributed by atoms with Crippen LogP contribution in [-0.2, 0) is 9.53 Å². The smallest absolute Gasteiger partial charge is 0.306 e. The minimum atomic E-state index is -0.405. The predicted molar refractivity (Wildman–Crippen MR) is 83.2 cm³/mol. The molecule has 1 aromatic carbocycles. The molecular formula is C15H20N2O2S. The molecule has 108 valence electrons. The number of thiazole rings is 1. The third-order valence-corrected chi connectivity index (χ3v) is 3.54. The Morgan fingerprint density at radius 3 is 2.80 bits per heavy atom. The van der Waals surface area contributed by atoms with Crippen molar-refractivity contribution in [1.29, 1.82) is 0 Å². The van der Waals surface area contributed by atoms with Gasteiger partial charge in [-0.25, -0.2) is 4.98 Å². The molecule has 0 unspecified atom stereocenters. The van der Waals surface area contributed by atoms with Gasteiger partial charge >= 0.3 is 5.97 Å². The maximum Gasteiger partial charge on any atom is 0.306 e. The van der Waals surface area contributed by atoms with Gasteiger partial charge in [0.1, 0.15) is 5.60 Å². The number of fused-ring (bicyclic) bond motifs is 1. The van der Waals surface area contributed by atoms with Gasteiger partial charge < -0.3 is 10.1 Å². The number of esters is 1. The number of rotatable bonds is 5. The summed E-state index contributed by atoms with van der Waals surface area (Å²) in [5.74, 6) is -0.149. The predicted octanol–water partition coefficient (Wildman–Crippen LogP) is 3.83. The summed E-state index contributed by atoms with van der Waals surface area (Å²) in [5, 5.41) is 4.15. The fourth-order valence-corrected chi connectivity index (χ4v) is 2.66. The van der Waals surface area contributed by atoms with Crippen molar-refractivity contribution in [2.45, 2.75) is 39.2 Å². The molecule has 0 atom stereocenters. The molecule has 5 heteroatoms. The zero-order chi connectivity index (χ0) is 14.6. The molecule has 0 aliphatic rings. The lowest BCUT2D eigenvalue weighted by Crippen LogP contribution is -2.24. The Hall–Kier alpha value is -1.62. The lowest BCUT2D eigenvalue weighted by molar-refractivity contribution is -0.154. The fraction of sp³-hybridized carbons (Fsp3) is 0.467. The molecule has 2 aromatic rings. The van der Waals surface area contributed by atoms with E-state index in [1.54, 1.807) is 11.3 Å². The third-order valence-electron chi connectivity index (χ3n) is 2.55. The van der Waals surface area contributed by atoms with Crippen molar-refractivity contribution < 1.29 is 9.53 Å². The number of carbonyl (C=O) groups excluding carboxylic acids is 1. The maximum absolute atomic E-state index is 11.5. The molecule has 0 bridgehead atoms. The standard InChI is InChI=1S/C15H20N2O2S/c1-15(2,3)19-13(18)9-6-10-16-14-17-11-7-4-5-8-12(11)20-14/h4-5,7-8H,6,9-10H2,1-3H3,(H,16,17).